The zero-order chi connectivity index (χ0) is 14.7. The number of aromatic nitrogens is 1. The summed E-state index contributed by atoms with van der Waals surface area (Å²) < 4.78 is 1.42. The number of anilines is 1. The Kier molecular flexibility index (Phi) is 3.89. The number of amides is 1. The number of hydrogen-bond acceptors (Lipinski definition) is 3. The van der Waals surface area contributed by atoms with Crippen molar-refractivity contribution in [2.45, 2.75) is 13.5 Å². The van der Waals surface area contributed by atoms with Crippen LogP contribution in [0.25, 0.3) is 0 Å². The van der Waals surface area contributed by atoms with E-state index >= 15 is 0 Å². The molecule has 1 heterocycles. The Morgan fingerprint density at radius 1 is 1.35 bits per heavy atom. The number of carbonyl (C=O) groups is 1. The number of nitrogens with zero attached hydrogens (tertiary/aromatic N) is 1. The maximum absolute atomic E-state index is 12.0. The van der Waals surface area contributed by atoms with Crippen molar-refractivity contribution in [3.05, 3.63) is 63.6 Å². The van der Waals surface area contributed by atoms with Gasteiger partial charge in [0.2, 0.25) is 0 Å². The molecule has 0 radical (unpaired) electrons. The molecule has 0 aliphatic carbocycles. The van der Waals surface area contributed by atoms with Crippen LogP contribution in [0.15, 0.2) is 41.3 Å². The second kappa shape index (κ2) is 5.61. The number of carbonyl (C=O) groups excluding carboxylic acids is 1. The Balaban J connectivity index is 2.10. The molecule has 1 amide bonds. The molecule has 0 saturated heterocycles. The number of rotatable bonds is 3. The molecule has 0 aliphatic rings. The van der Waals surface area contributed by atoms with E-state index < -0.39 is 0 Å². The van der Waals surface area contributed by atoms with Crippen molar-refractivity contribution in [3.63, 3.8) is 0 Å². The quantitative estimate of drug-likeness (QED) is 0.824. The van der Waals surface area contributed by atoms with Crippen molar-refractivity contribution in [2.75, 3.05) is 5.73 Å². The normalized spacial score (nSPS) is 10.3. The van der Waals surface area contributed by atoms with Crippen LogP contribution in [0.2, 0.25) is 0 Å². The summed E-state index contributed by atoms with van der Waals surface area (Å²) in [6, 6.07) is 8.52. The minimum atomic E-state index is -0.274. The first-order valence-corrected chi connectivity index (χ1v) is 6.28. The molecular formula is C15H17N3O2. The lowest BCUT2D eigenvalue weighted by Gasteiger charge is -2.10. The van der Waals surface area contributed by atoms with Gasteiger partial charge in [0.25, 0.3) is 11.5 Å². The summed E-state index contributed by atoms with van der Waals surface area (Å²) in [5.41, 5.74) is 8.58. The van der Waals surface area contributed by atoms with Gasteiger partial charge in [-0.2, -0.15) is 0 Å². The van der Waals surface area contributed by atoms with Crippen molar-refractivity contribution in [1.82, 2.24) is 9.88 Å². The second-order valence-electron chi connectivity index (χ2n) is 4.68. The van der Waals surface area contributed by atoms with Crippen LogP contribution in [0.4, 0.5) is 5.69 Å². The van der Waals surface area contributed by atoms with E-state index in [-0.39, 0.29) is 11.5 Å². The Labute approximate surface area is 117 Å². The molecule has 2 aromatic rings. The first-order valence-electron chi connectivity index (χ1n) is 6.28. The van der Waals surface area contributed by atoms with Gasteiger partial charge in [0.05, 0.1) is 0 Å². The average molecular weight is 271 g/mol. The molecule has 2 rings (SSSR count). The van der Waals surface area contributed by atoms with Gasteiger partial charge in [-0.1, -0.05) is 12.1 Å². The van der Waals surface area contributed by atoms with E-state index in [9.17, 15) is 9.59 Å². The van der Waals surface area contributed by atoms with Crippen LogP contribution < -0.4 is 16.6 Å². The summed E-state index contributed by atoms with van der Waals surface area (Å²) in [4.78, 5) is 23.5. The standard InChI is InChI=1S/C15H17N3O2/c1-10-12(4-3-5-13(10)16)9-17-15(20)11-6-7-18(2)14(19)8-11/h3-8H,9,16H2,1-2H3,(H,17,20). The number of nitrogens with two attached hydrogens (primary N) is 1. The lowest BCUT2D eigenvalue weighted by Crippen LogP contribution is -2.26. The molecule has 1 aromatic carbocycles. The van der Waals surface area contributed by atoms with Gasteiger partial charge in [-0.15, -0.1) is 0 Å². The van der Waals surface area contributed by atoms with Gasteiger partial charge in [-0.05, 0) is 30.2 Å². The molecule has 5 heteroatoms. The highest BCUT2D eigenvalue weighted by atomic mass is 16.2. The fourth-order valence-corrected chi connectivity index (χ4v) is 1.86. The zero-order valence-corrected chi connectivity index (χ0v) is 11.5. The third kappa shape index (κ3) is 2.88. The van der Waals surface area contributed by atoms with E-state index in [2.05, 4.69) is 5.32 Å². The molecule has 5 nitrogen and oxygen atoms in total. The van der Waals surface area contributed by atoms with E-state index in [1.165, 1.54) is 10.6 Å². The van der Waals surface area contributed by atoms with Crippen LogP contribution in [0.3, 0.4) is 0 Å². The highest BCUT2D eigenvalue weighted by Crippen LogP contribution is 2.15. The van der Waals surface area contributed by atoms with E-state index in [0.29, 0.717) is 17.8 Å². The number of nitrogen functional groups attached to an aromatic ring is 1. The Morgan fingerprint density at radius 2 is 2.10 bits per heavy atom. The average Bonchev–Trinajstić information content (AvgIpc) is 2.43. The molecule has 1 aromatic heterocycles. The van der Waals surface area contributed by atoms with E-state index in [4.69, 9.17) is 5.73 Å². The summed E-state index contributed by atoms with van der Waals surface area (Å²) in [6.45, 7) is 2.29. The number of pyridine rings is 1. The minimum Gasteiger partial charge on any atom is -0.399 e. The number of nitrogens with one attached hydrogen (secondary N) is 1. The van der Waals surface area contributed by atoms with E-state index in [0.717, 1.165) is 11.1 Å². The molecule has 0 spiro atoms. The molecule has 3 N–H and O–H groups in total. The molecule has 20 heavy (non-hydrogen) atoms. The van der Waals surface area contributed by atoms with Crippen LogP contribution in [0, 0.1) is 6.92 Å². The summed E-state index contributed by atoms with van der Waals surface area (Å²) in [5, 5.41) is 2.79. The smallest absolute Gasteiger partial charge is 0.251 e. The fraction of sp³-hybridized carbons (Fsp3) is 0.200. The third-order valence-electron chi connectivity index (χ3n) is 3.29. The maximum atomic E-state index is 12.0. The zero-order valence-electron chi connectivity index (χ0n) is 11.5. The largest absolute Gasteiger partial charge is 0.399 e. The van der Waals surface area contributed by atoms with Crippen molar-refractivity contribution in [1.29, 1.82) is 0 Å². The fourth-order valence-electron chi connectivity index (χ4n) is 1.86. The number of benzene rings is 1. The van der Waals surface area contributed by atoms with Gasteiger partial charge in [-0.25, -0.2) is 0 Å². The highest BCUT2D eigenvalue weighted by Gasteiger charge is 2.08. The SMILES string of the molecule is Cc1c(N)cccc1CNC(=O)c1ccn(C)c(=O)c1. The number of hydrogen-bond donors (Lipinski definition) is 2. The van der Waals surface area contributed by atoms with E-state index in [1.807, 2.05) is 25.1 Å². The van der Waals surface area contributed by atoms with Crippen LogP contribution >= 0.6 is 0 Å². The lowest BCUT2D eigenvalue weighted by molar-refractivity contribution is 0.0950. The van der Waals surface area contributed by atoms with Crippen LogP contribution in [-0.2, 0) is 13.6 Å². The van der Waals surface area contributed by atoms with E-state index in [1.54, 1.807) is 19.3 Å². The molecule has 104 valence electrons. The Hall–Kier alpha value is -2.56. The van der Waals surface area contributed by atoms with Gasteiger partial charge in [0.15, 0.2) is 0 Å². The molecule has 0 aliphatic heterocycles. The summed E-state index contributed by atoms with van der Waals surface area (Å²) in [7, 11) is 1.64. The molecule has 0 saturated carbocycles. The molecule has 0 atom stereocenters. The van der Waals surface area contributed by atoms with Crippen molar-refractivity contribution in [2.24, 2.45) is 7.05 Å². The number of aryl methyl sites for hydroxylation is 1. The highest BCUT2D eigenvalue weighted by molar-refractivity contribution is 5.93. The Morgan fingerprint density at radius 3 is 2.80 bits per heavy atom. The first kappa shape index (κ1) is 13.9. The Bertz CT molecular complexity index is 705. The van der Waals surface area contributed by atoms with Crippen LogP contribution in [0.1, 0.15) is 21.5 Å². The second-order valence-corrected chi connectivity index (χ2v) is 4.68. The van der Waals surface area contributed by atoms with Crippen LogP contribution in [-0.4, -0.2) is 10.5 Å². The van der Waals surface area contributed by atoms with Gasteiger partial charge < -0.3 is 15.6 Å². The van der Waals surface area contributed by atoms with Crippen molar-refractivity contribution >= 4 is 11.6 Å². The topological polar surface area (TPSA) is 77.1 Å². The van der Waals surface area contributed by atoms with Gasteiger partial charge >= 0.3 is 0 Å². The lowest BCUT2D eigenvalue weighted by atomic mass is 10.1. The molecular weight excluding hydrogens is 254 g/mol. The molecule has 0 unspecified atom stereocenters. The minimum absolute atomic E-state index is 0.210. The summed E-state index contributed by atoms with van der Waals surface area (Å²) in [6.07, 6.45) is 1.57. The monoisotopic (exact) mass is 271 g/mol. The van der Waals surface area contributed by atoms with Gasteiger partial charge in [-0.3, -0.25) is 9.59 Å². The van der Waals surface area contributed by atoms with Crippen molar-refractivity contribution in [3.8, 4) is 0 Å². The van der Waals surface area contributed by atoms with Crippen molar-refractivity contribution < 1.29 is 4.79 Å². The summed E-state index contributed by atoms with van der Waals surface area (Å²) >= 11 is 0. The van der Waals surface area contributed by atoms with Gasteiger partial charge in [0, 0.05) is 37.1 Å². The maximum Gasteiger partial charge on any atom is 0.251 e. The van der Waals surface area contributed by atoms with Gasteiger partial charge in [0.1, 0.15) is 0 Å². The molecule has 0 fully saturated rings. The van der Waals surface area contributed by atoms with Crippen LogP contribution in [0.5, 0.6) is 0 Å². The predicted molar refractivity (Wildman–Crippen MR) is 78.4 cm³/mol. The predicted octanol–water partition coefficient (Wildman–Crippen LogP) is 1.21. The molecule has 0 bridgehead atoms. The third-order valence-corrected chi connectivity index (χ3v) is 3.29. The first-order chi connectivity index (χ1) is 9.49. The summed E-state index contributed by atoms with van der Waals surface area (Å²) in [5.74, 6) is -0.274.